The van der Waals surface area contributed by atoms with Crippen molar-refractivity contribution in [2.75, 3.05) is 0 Å². The van der Waals surface area contributed by atoms with Crippen molar-refractivity contribution in [1.29, 1.82) is 0 Å². The molecule has 5 atom stereocenters. The number of fused-ring (bicyclic) bond motifs is 1. The van der Waals surface area contributed by atoms with E-state index >= 15 is 0 Å². The Morgan fingerprint density at radius 1 is 1.24 bits per heavy atom. The predicted molar refractivity (Wildman–Crippen MR) is 132 cm³/mol. The molecule has 0 aliphatic heterocycles. The summed E-state index contributed by atoms with van der Waals surface area (Å²) in [4.78, 5) is 0. The largest absolute Gasteiger partial charge is 0.251 e. The highest BCUT2D eigenvalue weighted by Gasteiger charge is 2.46. The molecule has 29 heavy (non-hydrogen) atoms. The van der Waals surface area contributed by atoms with Gasteiger partial charge in [-0.25, -0.2) is 0 Å². The summed E-state index contributed by atoms with van der Waals surface area (Å²) in [5.41, 5.74) is 1.81. The van der Waals surface area contributed by atoms with Gasteiger partial charge in [0.15, 0.2) is 5.16 Å². The molecule has 0 N–H and O–H groups in total. The molecule has 0 radical (unpaired) electrons. The van der Waals surface area contributed by atoms with Crippen molar-refractivity contribution in [2.24, 2.45) is 23.2 Å². The number of allylic oxidation sites excluding steroid dienone is 3. The first-order valence-corrected chi connectivity index (χ1v) is 13.2. The molecule has 0 aromatic heterocycles. The Hall–Kier alpha value is -0.440. The Morgan fingerprint density at radius 2 is 1.76 bits per heavy atom. The minimum Gasteiger partial charge on any atom is -0.251 e. The van der Waals surface area contributed by atoms with Crippen LogP contribution in [-0.4, -0.2) is 8.96 Å². The summed E-state index contributed by atoms with van der Waals surface area (Å²) in [6, 6.07) is 0. The van der Waals surface area contributed by atoms with Gasteiger partial charge in [0.2, 0.25) is 0 Å². The molecule has 0 spiro atoms. The van der Waals surface area contributed by atoms with Crippen molar-refractivity contribution in [3.8, 4) is 0 Å². The van der Waals surface area contributed by atoms with Crippen LogP contribution in [0.2, 0.25) is 0 Å². The number of hydrogen-bond donors (Lipinski definition) is 0. The van der Waals surface area contributed by atoms with Crippen molar-refractivity contribution in [1.82, 2.24) is 0 Å². The summed E-state index contributed by atoms with van der Waals surface area (Å²) >= 11 is 0. The maximum absolute atomic E-state index is 14.2. The van der Waals surface area contributed by atoms with Crippen molar-refractivity contribution >= 4 is 10.8 Å². The zero-order chi connectivity index (χ0) is 23.4. The fraction of sp³-hybridized carbons (Fsp3) is 0.846. The van der Waals surface area contributed by atoms with Crippen LogP contribution in [0, 0.1) is 23.2 Å². The van der Waals surface area contributed by atoms with Gasteiger partial charge in [-0.3, -0.25) is 4.21 Å². The first kappa shape index (κ1) is 30.8. The second kappa shape index (κ2) is 14.5. The normalized spacial score (nSPS) is 28.2. The maximum Gasteiger partial charge on any atom is 0.183 e. The predicted octanol–water partition coefficient (Wildman–Crippen LogP) is 9.22. The van der Waals surface area contributed by atoms with E-state index in [0.29, 0.717) is 17.8 Å². The number of rotatable bonds is 4. The van der Waals surface area contributed by atoms with Crippen LogP contribution in [0.3, 0.4) is 0 Å². The highest BCUT2D eigenvalue weighted by molar-refractivity contribution is 7.90. The van der Waals surface area contributed by atoms with Gasteiger partial charge in [0.25, 0.3) is 0 Å². The van der Waals surface area contributed by atoms with Crippen LogP contribution in [-0.2, 0) is 10.8 Å². The van der Waals surface area contributed by atoms with Crippen molar-refractivity contribution in [3.63, 3.8) is 0 Å². The first-order valence-electron chi connectivity index (χ1n) is 12.1. The topological polar surface area (TPSA) is 17.1 Å². The fourth-order valence-electron chi connectivity index (χ4n) is 4.67. The molecule has 1 saturated carbocycles. The molecular weight excluding hydrogens is 379 g/mol. The molecule has 2 rings (SSSR count). The van der Waals surface area contributed by atoms with Crippen molar-refractivity contribution in [2.45, 2.75) is 120 Å². The lowest BCUT2D eigenvalue weighted by Gasteiger charge is -2.44. The lowest BCUT2D eigenvalue weighted by molar-refractivity contribution is 0.111. The molecule has 0 heterocycles. The van der Waals surface area contributed by atoms with E-state index in [0.717, 1.165) is 11.8 Å². The quantitative estimate of drug-likeness (QED) is 0.406. The molecule has 1 nitrogen and oxygen atoms in total. The first-order chi connectivity index (χ1) is 13.6. The molecule has 0 aromatic carbocycles. The van der Waals surface area contributed by atoms with Gasteiger partial charge in [0.1, 0.15) is 0 Å². The van der Waals surface area contributed by atoms with Gasteiger partial charge in [-0.05, 0) is 69.3 Å². The van der Waals surface area contributed by atoms with Crippen LogP contribution < -0.4 is 0 Å². The smallest absolute Gasteiger partial charge is 0.183 e. The maximum atomic E-state index is 14.2. The average molecular weight is 431 g/mol. The van der Waals surface area contributed by atoms with Gasteiger partial charge in [0.05, 0.1) is 10.8 Å². The minimum atomic E-state index is -1.55. The molecule has 0 saturated heterocycles. The molecule has 0 amide bonds. The highest BCUT2D eigenvalue weighted by Crippen LogP contribution is 2.56. The number of halogens is 1. The fourth-order valence-corrected chi connectivity index (χ4v) is 5.51. The van der Waals surface area contributed by atoms with Gasteiger partial charge < -0.3 is 0 Å². The van der Waals surface area contributed by atoms with Gasteiger partial charge in [-0.1, -0.05) is 86.8 Å². The van der Waals surface area contributed by atoms with Crippen LogP contribution in [0.5, 0.6) is 0 Å². The van der Waals surface area contributed by atoms with E-state index in [-0.39, 0.29) is 0 Å². The van der Waals surface area contributed by atoms with Gasteiger partial charge in [-0.15, -0.1) is 0 Å². The highest BCUT2D eigenvalue weighted by atomic mass is 32.2. The van der Waals surface area contributed by atoms with E-state index in [2.05, 4.69) is 26.8 Å². The molecule has 174 valence electrons. The Kier molecular flexibility index (Phi) is 15.4. The third-order valence-corrected chi connectivity index (χ3v) is 7.64. The van der Waals surface area contributed by atoms with E-state index in [1.165, 1.54) is 31.3 Å². The van der Waals surface area contributed by atoms with E-state index in [1.54, 1.807) is 6.08 Å². The summed E-state index contributed by atoms with van der Waals surface area (Å²) < 4.78 is 25.7. The van der Waals surface area contributed by atoms with Crippen molar-refractivity contribution < 1.29 is 8.60 Å². The summed E-state index contributed by atoms with van der Waals surface area (Å²) in [5, 5.41) is -0.457. The van der Waals surface area contributed by atoms with Crippen LogP contribution in [0.15, 0.2) is 22.9 Å². The zero-order valence-corrected chi connectivity index (χ0v) is 22.4. The molecule has 3 heteroatoms. The van der Waals surface area contributed by atoms with E-state index in [9.17, 15) is 8.60 Å². The van der Waals surface area contributed by atoms with Gasteiger partial charge in [0, 0.05) is 4.75 Å². The van der Waals surface area contributed by atoms with E-state index in [1.807, 2.05) is 62.3 Å². The summed E-state index contributed by atoms with van der Waals surface area (Å²) in [6.07, 6.45) is 9.72. The van der Waals surface area contributed by atoms with Crippen LogP contribution >= 0.6 is 0 Å². The molecule has 4 unspecified atom stereocenters. The molecule has 0 aromatic rings. The lowest BCUT2D eigenvalue weighted by Crippen LogP contribution is -2.35. The lowest BCUT2D eigenvalue weighted by atomic mass is 9.60. The van der Waals surface area contributed by atoms with Crippen LogP contribution in [0.1, 0.15) is 115 Å². The molecule has 2 aliphatic carbocycles. The second-order valence-electron chi connectivity index (χ2n) is 8.81. The second-order valence-corrected chi connectivity index (χ2v) is 11.0. The third-order valence-electron chi connectivity index (χ3n) is 6.01. The number of hydrogen-bond acceptors (Lipinski definition) is 1. The molecule has 2 aliphatic rings. The molecular formula is C26H51FOS. The Labute approximate surface area is 185 Å². The third kappa shape index (κ3) is 8.31. The average Bonchev–Trinajstić information content (AvgIpc) is 3.07. The summed E-state index contributed by atoms with van der Waals surface area (Å²) in [6.45, 7) is 24.4. The van der Waals surface area contributed by atoms with Crippen LogP contribution in [0.25, 0.3) is 0 Å². The zero-order valence-electron chi connectivity index (χ0n) is 21.6. The summed E-state index contributed by atoms with van der Waals surface area (Å²) in [5.74, 6) is 1.87. The Bertz CT molecular complexity index is 529. The molecule has 1 fully saturated rings. The Morgan fingerprint density at radius 3 is 2.24 bits per heavy atom. The minimum absolute atomic E-state index is 0.296. The Balaban J connectivity index is 0. The SMILES string of the molecule is CC.CC.CC.CC1CCCC2(C)C([C@H](C)C/C=C(\F)S(=O)C(C)(C)C)=CCC12. The standard InChI is InChI=1S/C20H33FOS.3C2H6/c1-14-8-7-13-20(6)16(14)10-11-17(20)15(2)9-12-18(21)23(22)19(3,4)5;3*1-2/h11-12,14-16H,7-10,13H2,1-6H3;3*1-2H3/b18-12+;;;/t14?,15-,16?,20?,23?;;;/m1.../s1. The van der Waals surface area contributed by atoms with E-state index in [4.69, 9.17) is 0 Å². The monoisotopic (exact) mass is 430 g/mol. The summed E-state index contributed by atoms with van der Waals surface area (Å²) in [7, 11) is -1.55. The van der Waals surface area contributed by atoms with Gasteiger partial charge >= 0.3 is 0 Å². The van der Waals surface area contributed by atoms with E-state index < -0.39 is 20.7 Å². The molecule has 0 bridgehead atoms. The van der Waals surface area contributed by atoms with Crippen molar-refractivity contribution in [3.05, 3.63) is 22.9 Å². The van der Waals surface area contributed by atoms with Crippen LogP contribution in [0.4, 0.5) is 4.39 Å². The van der Waals surface area contributed by atoms with Gasteiger partial charge in [-0.2, -0.15) is 4.39 Å².